The Morgan fingerprint density at radius 3 is 2.07 bits per heavy atom. The molecule has 20 heteroatoms. The molecule has 4 aliphatic rings. The topological polar surface area (TPSA) is 235 Å². The molecule has 0 spiro atoms. The Hall–Kier alpha value is -2.89. The lowest BCUT2D eigenvalue weighted by molar-refractivity contribution is -0.305. The van der Waals surface area contributed by atoms with E-state index in [1.807, 2.05) is 48.5 Å². The van der Waals surface area contributed by atoms with Gasteiger partial charge in [-0.1, -0.05) is 60.5 Å². The molecule has 0 radical (unpaired) electrons. The van der Waals surface area contributed by atoms with Gasteiger partial charge in [0.05, 0.1) is 54.7 Å². The Morgan fingerprint density at radius 2 is 1.48 bits per heavy atom. The first-order valence-corrected chi connectivity index (χ1v) is 26.5. The molecule has 0 aromatic rings. The molecule has 4 rings (SSSR count). The minimum Gasteiger partial charge on any atom is -0.461 e. The molecule has 4 saturated heterocycles. The molecule has 1 unspecified atom stereocenters. The fourth-order valence-corrected chi connectivity index (χ4v) is 11.4. The van der Waals surface area contributed by atoms with Crippen LogP contribution in [0.2, 0.25) is 0 Å². The molecule has 4 aliphatic heterocycles. The SMILES string of the molecule is CCN1C[C@H](C)O[C@@H](O[C@H]2[C@H](C)[C@@H](O[C@@H]3O[C@H](C)CC(=NOC)[C@H]3O)[C@@H](C)C[C@](C)(OC(C)=O)C(=O)[C@H](C)[C@H](OC(=O)CC(C)C)[C@@H](C)C([C@@H](C)CO[C@@H]3O[C@H](C)[C@@H](O)[C@@H](OC)[C@H]3OC)OC(=O)[C@@H]2C)C[C@H]1C. The van der Waals surface area contributed by atoms with Crippen molar-refractivity contribution in [1.82, 2.24) is 4.90 Å². The van der Waals surface area contributed by atoms with E-state index in [9.17, 15) is 19.8 Å². The monoisotopic (exact) mass is 1040 g/mol. The molecule has 0 aliphatic carbocycles. The minimum absolute atomic E-state index is 0.0293. The second-order valence-electron chi connectivity index (χ2n) is 22.0. The number of carbonyl (C=O) groups excluding carboxylic acids is 4. The van der Waals surface area contributed by atoms with Crippen molar-refractivity contribution < 1.29 is 86.3 Å². The molecule has 0 saturated carbocycles. The summed E-state index contributed by atoms with van der Waals surface area (Å²) < 4.78 is 69.7. The average Bonchev–Trinajstić information content (AvgIpc) is 3.45. The number of methoxy groups -OCH3 is 2. The molecule has 20 nitrogen and oxygen atoms in total. The zero-order valence-electron chi connectivity index (χ0n) is 47.0. The van der Waals surface area contributed by atoms with Crippen molar-refractivity contribution in [3.63, 3.8) is 0 Å². The Balaban J connectivity index is 1.95. The number of esters is 3. The van der Waals surface area contributed by atoms with E-state index in [4.69, 9.17) is 56.9 Å². The predicted octanol–water partition coefficient (Wildman–Crippen LogP) is 5.23. The van der Waals surface area contributed by atoms with Gasteiger partial charge in [-0.25, -0.2) is 0 Å². The number of aliphatic hydroxyl groups is 2. The van der Waals surface area contributed by atoms with Gasteiger partial charge in [-0.3, -0.25) is 24.1 Å². The number of carbonyl (C=O) groups is 4. The summed E-state index contributed by atoms with van der Waals surface area (Å²) in [6.07, 6.45) is -12.1. The van der Waals surface area contributed by atoms with Crippen molar-refractivity contribution in [3.05, 3.63) is 0 Å². The number of Topliss-reactive ketones (excluding diaryl/α,β-unsaturated/α-hetero) is 1. The number of nitrogens with zero attached hydrogens (tertiary/aromatic N) is 2. The highest BCUT2D eigenvalue weighted by molar-refractivity contribution is 5.91. The summed E-state index contributed by atoms with van der Waals surface area (Å²) in [7, 11) is 4.30. The van der Waals surface area contributed by atoms with Gasteiger partial charge >= 0.3 is 17.9 Å². The fraction of sp³-hybridized carbons (Fsp3) is 0.906. The van der Waals surface area contributed by atoms with E-state index < -0.39 is 145 Å². The summed E-state index contributed by atoms with van der Waals surface area (Å²) in [5.41, 5.74) is -1.54. The van der Waals surface area contributed by atoms with Crippen molar-refractivity contribution >= 4 is 29.4 Å². The Bertz CT molecular complexity index is 1810. The second-order valence-corrected chi connectivity index (χ2v) is 22.0. The quantitative estimate of drug-likeness (QED) is 0.114. The van der Waals surface area contributed by atoms with E-state index in [-0.39, 0.29) is 43.9 Å². The van der Waals surface area contributed by atoms with Crippen molar-refractivity contribution in [2.45, 2.75) is 227 Å². The lowest BCUT2D eigenvalue weighted by atomic mass is 9.74. The first-order valence-electron chi connectivity index (χ1n) is 26.5. The van der Waals surface area contributed by atoms with Crippen molar-refractivity contribution in [1.29, 1.82) is 0 Å². The molecule has 73 heavy (non-hydrogen) atoms. The number of likely N-dealkylation sites (N-methyl/N-ethyl adjacent to an activating group) is 1. The molecule has 22 atom stereocenters. The standard InChI is InChI=1S/C53H92N2O18/c1-19-55-24-31(8)66-40(21-29(55)6)70-46-32(9)43(72-51-42(59)38(54-64-18)22-30(7)67-51)27(4)23-53(15,73-37(14)56)49(60)34(11)45(69-39(57)20-26(2)3)33(10)44(71-50(61)35(46)12)28(5)25-65-52-48(63-17)47(62-16)41(58)36(13)68-52/h26-36,40-48,51-52,58-59H,19-25H2,1-18H3/t27-,28-,29+,30+,31-,32+,33-,34+,35+,36+,40-,41+,42+,43-,44?,45+,46-,47+,48+,51-,52+,53-/m0/s1. The number of ether oxygens (including phenoxy) is 11. The first-order chi connectivity index (χ1) is 34.2. The van der Waals surface area contributed by atoms with Crippen LogP contribution < -0.4 is 0 Å². The van der Waals surface area contributed by atoms with Crippen LogP contribution in [0.5, 0.6) is 0 Å². The van der Waals surface area contributed by atoms with Crippen molar-refractivity contribution in [2.24, 2.45) is 46.6 Å². The van der Waals surface area contributed by atoms with E-state index in [1.165, 1.54) is 28.3 Å². The normalized spacial score (nSPS) is 41.8. The predicted molar refractivity (Wildman–Crippen MR) is 267 cm³/mol. The largest absolute Gasteiger partial charge is 0.461 e. The third kappa shape index (κ3) is 16.1. The van der Waals surface area contributed by atoms with Gasteiger partial charge in [0.1, 0.15) is 43.7 Å². The molecule has 422 valence electrons. The molecule has 4 heterocycles. The number of aliphatic hydroxyl groups excluding tert-OH is 2. The van der Waals surface area contributed by atoms with Gasteiger partial charge in [-0.2, -0.15) is 0 Å². The van der Waals surface area contributed by atoms with Gasteiger partial charge in [0.15, 0.2) is 30.3 Å². The Labute approximate surface area is 434 Å². The van der Waals surface area contributed by atoms with Gasteiger partial charge in [-0.05, 0) is 66.3 Å². The number of hydrogen-bond donors (Lipinski definition) is 2. The maximum atomic E-state index is 15.4. The maximum absolute atomic E-state index is 15.4. The van der Waals surface area contributed by atoms with Gasteiger partial charge in [0.2, 0.25) is 0 Å². The van der Waals surface area contributed by atoms with E-state index >= 15 is 9.59 Å². The van der Waals surface area contributed by atoms with Crippen LogP contribution in [0.1, 0.15) is 130 Å². The summed E-state index contributed by atoms with van der Waals surface area (Å²) in [6.45, 7) is 28.1. The second kappa shape index (κ2) is 27.9. The fourth-order valence-electron chi connectivity index (χ4n) is 11.4. The average molecular weight is 1050 g/mol. The van der Waals surface area contributed by atoms with Gasteiger partial charge < -0.3 is 67.2 Å². The van der Waals surface area contributed by atoms with E-state index in [0.717, 1.165) is 6.54 Å². The molecular weight excluding hydrogens is 953 g/mol. The lowest BCUT2D eigenvalue weighted by Gasteiger charge is -2.45. The first kappa shape index (κ1) is 62.6. The zero-order chi connectivity index (χ0) is 54.8. The van der Waals surface area contributed by atoms with Crippen LogP contribution in [0, 0.1) is 41.4 Å². The summed E-state index contributed by atoms with van der Waals surface area (Å²) in [5.74, 6) is -7.76. The van der Waals surface area contributed by atoms with E-state index in [0.29, 0.717) is 18.7 Å². The highest BCUT2D eigenvalue weighted by atomic mass is 16.7. The van der Waals surface area contributed by atoms with Crippen LogP contribution in [0.15, 0.2) is 5.16 Å². The van der Waals surface area contributed by atoms with Crippen LogP contribution in [0.25, 0.3) is 0 Å². The lowest BCUT2D eigenvalue weighted by Crippen LogP contribution is -2.59. The molecular formula is C53H92N2O18. The maximum Gasteiger partial charge on any atom is 0.311 e. The smallest absolute Gasteiger partial charge is 0.311 e. The number of cyclic esters (lactones) is 1. The number of hydrogen-bond acceptors (Lipinski definition) is 20. The van der Waals surface area contributed by atoms with Gasteiger partial charge in [-0.15, -0.1) is 0 Å². The molecule has 0 aromatic carbocycles. The van der Waals surface area contributed by atoms with Gasteiger partial charge in [0.25, 0.3) is 0 Å². The van der Waals surface area contributed by atoms with Crippen LogP contribution in [0.4, 0.5) is 0 Å². The highest BCUT2D eigenvalue weighted by Gasteiger charge is 2.52. The van der Waals surface area contributed by atoms with Crippen LogP contribution in [-0.2, 0) is 76.1 Å². The molecule has 0 amide bonds. The van der Waals surface area contributed by atoms with E-state index in [1.54, 1.807) is 34.6 Å². The van der Waals surface area contributed by atoms with Crippen LogP contribution >= 0.6 is 0 Å². The zero-order valence-corrected chi connectivity index (χ0v) is 47.0. The minimum atomic E-state index is -1.84. The third-order valence-corrected chi connectivity index (χ3v) is 15.2. The van der Waals surface area contributed by atoms with Crippen LogP contribution in [-0.4, -0.2) is 183 Å². The summed E-state index contributed by atoms with van der Waals surface area (Å²) in [5, 5.41) is 26.6. The highest BCUT2D eigenvalue weighted by Crippen LogP contribution is 2.40. The van der Waals surface area contributed by atoms with Gasteiger partial charge in [0, 0.05) is 70.7 Å². The van der Waals surface area contributed by atoms with Crippen molar-refractivity contribution in [3.8, 4) is 0 Å². The molecule has 4 fully saturated rings. The number of rotatable bonds is 16. The Morgan fingerprint density at radius 1 is 0.822 bits per heavy atom. The number of ketones is 1. The summed E-state index contributed by atoms with van der Waals surface area (Å²) in [4.78, 5) is 65.1. The Kier molecular flexibility index (Phi) is 24.0. The molecule has 0 bridgehead atoms. The summed E-state index contributed by atoms with van der Waals surface area (Å²) in [6, 6.07) is 0.0443. The third-order valence-electron chi connectivity index (χ3n) is 15.2. The molecule has 2 N–H and O–H groups in total. The van der Waals surface area contributed by atoms with Crippen molar-refractivity contribution in [2.75, 3.05) is 41.0 Å². The molecule has 0 aromatic heterocycles. The van der Waals surface area contributed by atoms with E-state index in [2.05, 4.69) is 23.9 Å². The summed E-state index contributed by atoms with van der Waals surface area (Å²) >= 11 is 0. The number of oxime groups is 1. The van der Waals surface area contributed by atoms with Crippen LogP contribution in [0.3, 0.4) is 0 Å².